The quantitative estimate of drug-likeness (QED) is 0.879. The Kier molecular flexibility index (Phi) is 6.17. The minimum absolute atomic E-state index is 0.125. The van der Waals surface area contributed by atoms with Crippen LogP contribution in [0, 0.1) is 11.7 Å². The molecule has 1 saturated heterocycles. The van der Waals surface area contributed by atoms with Crippen molar-refractivity contribution in [1.82, 2.24) is 9.80 Å². The molecule has 1 fully saturated rings. The molecule has 21 heavy (non-hydrogen) atoms. The lowest BCUT2D eigenvalue weighted by Crippen LogP contribution is -2.39. The van der Waals surface area contributed by atoms with E-state index in [0.717, 1.165) is 22.5 Å². The maximum atomic E-state index is 13.2. The van der Waals surface area contributed by atoms with Crippen LogP contribution >= 0.6 is 15.9 Å². The van der Waals surface area contributed by atoms with Gasteiger partial charge in [0.15, 0.2) is 0 Å². The monoisotopic (exact) mass is 357 g/mol. The Morgan fingerprint density at radius 3 is 2.67 bits per heavy atom. The van der Waals surface area contributed by atoms with Gasteiger partial charge in [0.25, 0.3) is 0 Å². The van der Waals surface area contributed by atoms with Crippen LogP contribution in [0.1, 0.15) is 24.4 Å². The highest BCUT2D eigenvalue weighted by Gasteiger charge is 2.23. The van der Waals surface area contributed by atoms with Gasteiger partial charge in [-0.3, -0.25) is 4.90 Å². The van der Waals surface area contributed by atoms with Crippen LogP contribution in [0.25, 0.3) is 0 Å². The first-order chi connectivity index (χ1) is 10.0. The summed E-state index contributed by atoms with van der Waals surface area (Å²) in [5, 5.41) is 0. The van der Waals surface area contributed by atoms with Gasteiger partial charge in [-0.15, -0.1) is 0 Å². The molecular formula is C16H25BrFN3. The standard InChI is InChI=1S/C16H25BrFN3/c1-20-7-5-12(6-8-20)11-21(2)16(10-19)14-4-3-13(18)9-15(14)17/h3-4,9,12,16H,5-8,10-11,19H2,1-2H3. The molecule has 0 radical (unpaired) electrons. The smallest absolute Gasteiger partial charge is 0.124 e. The van der Waals surface area contributed by atoms with Crippen molar-refractivity contribution in [3.8, 4) is 0 Å². The summed E-state index contributed by atoms with van der Waals surface area (Å²) >= 11 is 3.46. The molecule has 118 valence electrons. The van der Waals surface area contributed by atoms with Crippen molar-refractivity contribution < 1.29 is 4.39 Å². The Hall–Kier alpha value is -0.490. The van der Waals surface area contributed by atoms with E-state index in [1.54, 1.807) is 0 Å². The summed E-state index contributed by atoms with van der Waals surface area (Å²) in [5.41, 5.74) is 7.04. The maximum absolute atomic E-state index is 13.2. The van der Waals surface area contributed by atoms with E-state index in [1.165, 1.54) is 38.1 Å². The lowest BCUT2D eigenvalue weighted by atomic mass is 9.95. The number of rotatable bonds is 5. The van der Waals surface area contributed by atoms with E-state index in [0.29, 0.717) is 6.54 Å². The van der Waals surface area contributed by atoms with Crippen molar-refractivity contribution in [3.05, 3.63) is 34.1 Å². The van der Waals surface area contributed by atoms with Crippen molar-refractivity contribution in [1.29, 1.82) is 0 Å². The summed E-state index contributed by atoms with van der Waals surface area (Å²) in [5.74, 6) is 0.499. The average Bonchev–Trinajstić information content (AvgIpc) is 2.44. The van der Waals surface area contributed by atoms with E-state index in [2.05, 4.69) is 39.8 Å². The van der Waals surface area contributed by atoms with Crippen LogP contribution in [0.4, 0.5) is 4.39 Å². The number of nitrogens with zero attached hydrogens (tertiary/aromatic N) is 2. The van der Waals surface area contributed by atoms with E-state index in [9.17, 15) is 4.39 Å². The molecule has 3 nitrogen and oxygen atoms in total. The zero-order valence-electron chi connectivity index (χ0n) is 12.9. The number of benzene rings is 1. The highest BCUT2D eigenvalue weighted by molar-refractivity contribution is 9.10. The SMILES string of the molecule is CN1CCC(CN(C)C(CN)c2ccc(F)cc2Br)CC1. The molecule has 1 heterocycles. The van der Waals surface area contributed by atoms with Gasteiger partial charge in [-0.2, -0.15) is 0 Å². The lowest BCUT2D eigenvalue weighted by Gasteiger charge is -2.35. The molecule has 0 amide bonds. The first-order valence-electron chi connectivity index (χ1n) is 7.55. The molecule has 0 spiro atoms. The second kappa shape index (κ2) is 7.68. The summed E-state index contributed by atoms with van der Waals surface area (Å²) < 4.78 is 14.0. The van der Waals surface area contributed by atoms with Gasteiger partial charge in [-0.05, 0) is 63.6 Å². The Morgan fingerprint density at radius 2 is 2.10 bits per heavy atom. The molecule has 0 aliphatic carbocycles. The van der Waals surface area contributed by atoms with Crippen LogP contribution in [0.5, 0.6) is 0 Å². The molecule has 5 heteroatoms. The molecule has 1 unspecified atom stereocenters. The van der Waals surface area contributed by atoms with E-state index >= 15 is 0 Å². The molecule has 0 bridgehead atoms. The first kappa shape index (κ1) is 16.9. The Morgan fingerprint density at radius 1 is 1.43 bits per heavy atom. The summed E-state index contributed by atoms with van der Waals surface area (Å²) in [6.45, 7) is 3.92. The van der Waals surface area contributed by atoms with Crippen molar-refractivity contribution in [3.63, 3.8) is 0 Å². The van der Waals surface area contributed by atoms with Gasteiger partial charge in [-0.25, -0.2) is 4.39 Å². The second-order valence-electron chi connectivity index (χ2n) is 6.10. The Bertz CT molecular complexity index is 461. The van der Waals surface area contributed by atoms with E-state index in [-0.39, 0.29) is 11.9 Å². The van der Waals surface area contributed by atoms with Gasteiger partial charge in [0.2, 0.25) is 0 Å². The number of hydrogen-bond donors (Lipinski definition) is 1. The number of piperidine rings is 1. The predicted octanol–water partition coefficient (Wildman–Crippen LogP) is 2.86. The fourth-order valence-electron chi connectivity index (χ4n) is 3.10. The number of nitrogens with two attached hydrogens (primary N) is 1. The molecule has 2 rings (SSSR count). The maximum Gasteiger partial charge on any atom is 0.124 e. The minimum Gasteiger partial charge on any atom is -0.329 e. The van der Waals surface area contributed by atoms with Crippen LogP contribution in [0.2, 0.25) is 0 Å². The van der Waals surface area contributed by atoms with Gasteiger partial charge < -0.3 is 10.6 Å². The first-order valence-corrected chi connectivity index (χ1v) is 8.34. The van der Waals surface area contributed by atoms with Gasteiger partial charge >= 0.3 is 0 Å². The second-order valence-corrected chi connectivity index (χ2v) is 6.96. The molecule has 1 aromatic rings. The van der Waals surface area contributed by atoms with E-state index < -0.39 is 0 Å². The van der Waals surface area contributed by atoms with Crippen molar-refractivity contribution in [2.24, 2.45) is 11.7 Å². The number of halogens is 2. The highest BCUT2D eigenvalue weighted by atomic mass is 79.9. The number of likely N-dealkylation sites (N-methyl/N-ethyl adjacent to an activating group) is 1. The Labute approximate surface area is 135 Å². The van der Waals surface area contributed by atoms with Crippen LogP contribution in [-0.2, 0) is 0 Å². The molecule has 1 atom stereocenters. The molecule has 1 aliphatic heterocycles. The molecule has 1 aliphatic rings. The number of hydrogen-bond acceptors (Lipinski definition) is 3. The largest absolute Gasteiger partial charge is 0.329 e. The van der Waals surface area contributed by atoms with Crippen LogP contribution < -0.4 is 5.73 Å². The van der Waals surface area contributed by atoms with Gasteiger partial charge in [0.1, 0.15) is 5.82 Å². The summed E-state index contributed by atoms with van der Waals surface area (Å²) in [6, 6.07) is 4.98. The lowest BCUT2D eigenvalue weighted by molar-refractivity contribution is 0.151. The van der Waals surface area contributed by atoms with Crippen LogP contribution in [0.3, 0.4) is 0 Å². The van der Waals surface area contributed by atoms with Crippen LogP contribution in [-0.4, -0.2) is 50.1 Å². The molecule has 0 saturated carbocycles. The fourth-order valence-corrected chi connectivity index (χ4v) is 3.71. The van der Waals surface area contributed by atoms with Gasteiger partial charge in [-0.1, -0.05) is 22.0 Å². The van der Waals surface area contributed by atoms with Gasteiger partial charge in [0.05, 0.1) is 0 Å². The highest BCUT2D eigenvalue weighted by Crippen LogP contribution is 2.29. The van der Waals surface area contributed by atoms with E-state index in [4.69, 9.17) is 5.73 Å². The van der Waals surface area contributed by atoms with Crippen molar-refractivity contribution in [2.45, 2.75) is 18.9 Å². The molecule has 2 N–H and O–H groups in total. The average molecular weight is 358 g/mol. The zero-order chi connectivity index (χ0) is 15.4. The predicted molar refractivity (Wildman–Crippen MR) is 88.7 cm³/mol. The molecule has 1 aromatic carbocycles. The van der Waals surface area contributed by atoms with Crippen molar-refractivity contribution in [2.75, 3.05) is 40.3 Å². The topological polar surface area (TPSA) is 32.5 Å². The van der Waals surface area contributed by atoms with Gasteiger partial charge in [0, 0.05) is 23.6 Å². The molecule has 0 aromatic heterocycles. The summed E-state index contributed by atoms with van der Waals surface area (Å²) in [6.07, 6.45) is 2.48. The molecular weight excluding hydrogens is 333 g/mol. The van der Waals surface area contributed by atoms with E-state index in [1.807, 2.05) is 6.07 Å². The third-order valence-electron chi connectivity index (χ3n) is 4.46. The minimum atomic E-state index is -0.223. The normalized spacial score (nSPS) is 19.1. The zero-order valence-corrected chi connectivity index (χ0v) is 14.4. The Balaban J connectivity index is 2.02. The number of likely N-dealkylation sites (tertiary alicyclic amines) is 1. The fraction of sp³-hybridized carbons (Fsp3) is 0.625. The van der Waals surface area contributed by atoms with Crippen LogP contribution in [0.15, 0.2) is 22.7 Å². The third kappa shape index (κ3) is 4.49. The summed E-state index contributed by atoms with van der Waals surface area (Å²) in [4.78, 5) is 4.70. The van der Waals surface area contributed by atoms with Crippen molar-refractivity contribution >= 4 is 15.9 Å². The third-order valence-corrected chi connectivity index (χ3v) is 5.15. The summed E-state index contributed by atoms with van der Waals surface area (Å²) in [7, 11) is 4.30.